The average Bonchev–Trinajstić information content (AvgIpc) is 2.77. The fourth-order valence-corrected chi connectivity index (χ4v) is 1.66. The van der Waals surface area contributed by atoms with Crippen molar-refractivity contribution in [2.45, 2.75) is 19.9 Å². The first-order valence-corrected chi connectivity index (χ1v) is 6.10. The Labute approximate surface area is 111 Å². The van der Waals surface area contributed by atoms with Crippen LogP contribution in [-0.4, -0.2) is 52.7 Å². The predicted molar refractivity (Wildman–Crippen MR) is 70.1 cm³/mol. The van der Waals surface area contributed by atoms with Gasteiger partial charge in [0.25, 0.3) is 5.91 Å². The van der Waals surface area contributed by atoms with Crippen LogP contribution < -0.4 is 5.32 Å². The fourth-order valence-electron chi connectivity index (χ4n) is 1.66. The molecule has 0 aromatic carbocycles. The molecule has 0 fully saturated rings. The fraction of sp³-hybridized carbons (Fsp3) is 0.636. The van der Waals surface area contributed by atoms with E-state index >= 15 is 0 Å². The molecule has 8 nitrogen and oxygen atoms in total. The lowest BCUT2D eigenvalue weighted by molar-refractivity contribution is -0.385. The third-order valence-electron chi connectivity index (χ3n) is 2.60. The topological polar surface area (TPSA) is 93.3 Å². The number of carbonyl (C=O) groups excluding carboxylic acids is 1. The van der Waals surface area contributed by atoms with E-state index in [-0.39, 0.29) is 11.4 Å². The number of carbonyl (C=O) groups is 1. The molecule has 0 spiro atoms. The van der Waals surface area contributed by atoms with Crippen LogP contribution in [-0.2, 0) is 6.54 Å². The highest BCUT2D eigenvalue weighted by atomic mass is 16.6. The molecule has 0 atom stereocenters. The third kappa shape index (κ3) is 4.02. The first-order chi connectivity index (χ1) is 8.97. The van der Waals surface area contributed by atoms with Crippen molar-refractivity contribution in [3.63, 3.8) is 0 Å². The van der Waals surface area contributed by atoms with E-state index in [0.717, 1.165) is 19.2 Å². The number of rotatable bonds is 7. The van der Waals surface area contributed by atoms with Crippen molar-refractivity contribution in [1.82, 2.24) is 20.0 Å². The number of nitrogens with one attached hydrogen (secondary N) is 1. The normalized spacial score (nSPS) is 10.7. The van der Waals surface area contributed by atoms with Crippen LogP contribution in [0.3, 0.4) is 0 Å². The Bertz CT molecular complexity index is 455. The standard InChI is InChI=1S/C11H19N5O3/c1-4-15-10(9(8-13-15)16(18)19)11(17)12-6-5-7-14(2)3/h8H,4-7H2,1-3H3,(H,12,17). The number of hydrogen-bond donors (Lipinski definition) is 1. The number of aromatic nitrogens is 2. The molecule has 1 aromatic heterocycles. The number of hydrogen-bond acceptors (Lipinski definition) is 5. The Morgan fingerprint density at radius 3 is 2.79 bits per heavy atom. The van der Waals surface area contributed by atoms with E-state index < -0.39 is 10.8 Å². The van der Waals surface area contributed by atoms with Crippen LogP contribution in [0, 0.1) is 10.1 Å². The summed E-state index contributed by atoms with van der Waals surface area (Å²) in [4.78, 5) is 24.2. The molecule has 1 heterocycles. The van der Waals surface area contributed by atoms with Crippen LogP contribution in [0.15, 0.2) is 6.20 Å². The lowest BCUT2D eigenvalue weighted by Crippen LogP contribution is -2.29. The van der Waals surface area contributed by atoms with E-state index in [4.69, 9.17) is 0 Å². The maximum absolute atomic E-state index is 12.0. The molecule has 0 unspecified atom stereocenters. The Hall–Kier alpha value is -1.96. The van der Waals surface area contributed by atoms with Gasteiger partial charge in [0, 0.05) is 13.1 Å². The van der Waals surface area contributed by atoms with E-state index in [1.807, 2.05) is 19.0 Å². The summed E-state index contributed by atoms with van der Waals surface area (Å²) in [7, 11) is 3.89. The van der Waals surface area contributed by atoms with Crippen molar-refractivity contribution >= 4 is 11.6 Å². The van der Waals surface area contributed by atoms with E-state index in [2.05, 4.69) is 10.4 Å². The second-order valence-electron chi connectivity index (χ2n) is 4.36. The van der Waals surface area contributed by atoms with E-state index in [0.29, 0.717) is 13.1 Å². The minimum Gasteiger partial charge on any atom is -0.350 e. The molecule has 0 aliphatic carbocycles. The maximum atomic E-state index is 12.0. The van der Waals surface area contributed by atoms with Crippen molar-refractivity contribution < 1.29 is 9.72 Å². The van der Waals surface area contributed by atoms with Gasteiger partial charge in [-0.3, -0.25) is 19.6 Å². The molecular formula is C11H19N5O3. The number of nitro groups is 1. The first kappa shape index (κ1) is 15.1. The summed E-state index contributed by atoms with van der Waals surface area (Å²) in [5.74, 6) is -0.454. The quantitative estimate of drug-likeness (QED) is 0.442. The molecule has 8 heteroatoms. The van der Waals surface area contributed by atoms with Crippen LogP contribution >= 0.6 is 0 Å². The SMILES string of the molecule is CCn1ncc([N+](=O)[O-])c1C(=O)NCCCN(C)C. The highest BCUT2D eigenvalue weighted by molar-refractivity contribution is 5.96. The number of amides is 1. The van der Waals surface area contributed by atoms with Gasteiger partial charge >= 0.3 is 5.69 Å². The number of nitrogens with zero attached hydrogens (tertiary/aromatic N) is 4. The van der Waals surface area contributed by atoms with Gasteiger partial charge in [0.2, 0.25) is 5.69 Å². The van der Waals surface area contributed by atoms with E-state index in [1.54, 1.807) is 6.92 Å². The van der Waals surface area contributed by atoms with Crippen molar-refractivity contribution in [1.29, 1.82) is 0 Å². The second kappa shape index (κ2) is 6.83. The summed E-state index contributed by atoms with van der Waals surface area (Å²) in [5, 5.41) is 17.4. The van der Waals surface area contributed by atoms with Gasteiger partial charge in [0.1, 0.15) is 6.20 Å². The smallest absolute Gasteiger partial charge is 0.320 e. The first-order valence-electron chi connectivity index (χ1n) is 6.10. The van der Waals surface area contributed by atoms with Crippen LogP contribution in [0.5, 0.6) is 0 Å². The zero-order chi connectivity index (χ0) is 14.4. The largest absolute Gasteiger partial charge is 0.350 e. The summed E-state index contributed by atoms with van der Waals surface area (Å²) >= 11 is 0. The molecule has 1 aromatic rings. The van der Waals surface area contributed by atoms with Crippen molar-refractivity contribution in [2.75, 3.05) is 27.2 Å². The van der Waals surface area contributed by atoms with Crippen LogP contribution in [0.1, 0.15) is 23.8 Å². The molecule has 19 heavy (non-hydrogen) atoms. The summed E-state index contributed by atoms with van der Waals surface area (Å²) in [6.45, 7) is 3.51. The minimum atomic E-state index is -0.589. The lowest BCUT2D eigenvalue weighted by Gasteiger charge is -2.10. The second-order valence-corrected chi connectivity index (χ2v) is 4.36. The van der Waals surface area contributed by atoms with E-state index in [1.165, 1.54) is 4.68 Å². The molecule has 106 valence electrons. The Morgan fingerprint density at radius 2 is 2.26 bits per heavy atom. The Morgan fingerprint density at radius 1 is 1.58 bits per heavy atom. The van der Waals surface area contributed by atoms with Gasteiger partial charge in [-0.15, -0.1) is 0 Å². The van der Waals surface area contributed by atoms with Gasteiger partial charge in [0.05, 0.1) is 4.92 Å². The van der Waals surface area contributed by atoms with Crippen LogP contribution in [0.2, 0.25) is 0 Å². The predicted octanol–water partition coefficient (Wildman–Crippen LogP) is 0.493. The summed E-state index contributed by atoms with van der Waals surface area (Å²) in [6, 6.07) is 0. The lowest BCUT2D eigenvalue weighted by atomic mass is 10.3. The minimum absolute atomic E-state index is 0.0114. The van der Waals surface area contributed by atoms with Gasteiger partial charge in [-0.25, -0.2) is 0 Å². The maximum Gasteiger partial charge on any atom is 0.320 e. The van der Waals surface area contributed by atoms with Crippen molar-refractivity contribution in [3.8, 4) is 0 Å². The van der Waals surface area contributed by atoms with Gasteiger partial charge in [-0.2, -0.15) is 5.10 Å². The number of aryl methyl sites for hydroxylation is 1. The zero-order valence-corrected chi connectivity index (χ0v) is 11.4. The molecule has 0 bridgehead atoms. The van der Waals surface area contributed by atoms with Gasteiger partial charge in [0.15, 0.2) is 0 Å². The van der Waals surface area contributed by atoms with Gasteiger partial charge in [-0.1, -0.05) is 0 Å². The van der Waals surface area contributed by atoms with Crippen molar-refractivity contribution in [3.05, 3.63) is 22.0 Å². The molecule has 0 aliphatic rings. The Kier molecular flexibility index (Phi) is 5.43. The molecule has 0 saturated carbocycles. The van der Waals surface area contributed by atoms with Gasteiger partial charge < -0.3 is 10.2 Å². The average molecular weight is 269 g/mol. The van der Waals surface area contributed by atoms with Crippen LogP contribution in [0.4, 0.5) is 5.69 Å². The summed E-state index contributed by atoms with van der Waals surface area (Å²) in [5.41, 5.74) is -0.246. The van der Waals surface area contributed by atoms with E-state index in [9.17, 15) is 14.9 Å². The molecule has 1 N–H and O–H groups in total. The molecule has 1 amide bonds. The third-order valence-corrected chi connectivity index (χ3v) is 2.60. The monoisotopic (exact) mass is 269 g/mol. The van der Waals surface area contributed by atoms with Crippen molar-refractivity contribution in [2.24, 2.45) is 0 Å². The van der Waals surface area contributed by atoms with Gasteiger partial charge in [-0.05, 0) is 34.0 Å². The Balaban J connectivity index is 2.70. The molecule has 0 saturated heterocycles. The molecule has 1 rings (SSSR count). The molecular weight excluding hydrogens is 250 g/mol. The highest BCUT2D eigenvalue weighted by Gasteiger charge is 2.25. The van der Waals surface area contributed by atoms with Crippen LogP contribution in [0.25, 0.3) is 0 Å². The summed E-state index contributed by atoms with van der Waals surface area (Å²) < 4.78 is 1.33. The molecule has 0 radical (unpaired) electrons. The highest BCUT2D eigenvalue weighted by Crippen LogP contribution is 2.17. The zero-order valence-electron chi connectivity index (χ0n) is 11.4. The molecule has 0 aliphatic heterocycles. The summed E-state index contributed by atoms with van der Waals surface area (Å²) in [6.07, 6.45) is 1.89.